The average Bonchev–Trinajstić information content (AvgIpc) is 3.54. The average molecular weight is 559 g/mol. The van der Waals surface area contributed by atoms with E-state index in [1.165, 1.54) is 23.7 Å². The van der Waals surface area contributed by atoms with Gasteiger partial charge < -0.3 is 30.4 Å². The van der Waals surface area contributed by atoms with E-state index in [1.54, 1.807) is 19.2 Å². The van der Waals surface area contributed by atoms with Crippen LogP contribution in [0, 0.1) is 0 Å². The first-order valence-corrected chi connectivity index (χ1v) is 13.2. The van der Waals surface area contributed by atoms with Gasteiger partial charge in [0.15, 0.2) is 18.3 Å². The van der Waals surface area contributed by atoms with Crippen LogP contribution < -0.4 is 25.4 Å². The zero-order chi connectivity index (χ0) is 29.4. The molecule has 1 aliphatic heterocycles. The minimum atomic E-state index is -0.394. The number of carbonyl (C=O) groups excluding carboxylic acids is 3. The number of carbonyl (C=O) groups is 3. The SMILES string of the molecule is CNCc1ccc2c(c1)CC(C)(C)O2.CNc1cc(CNC(=O)c2ncnc3c(C=O)c[nH]c23)ccc1OCC=O. The molecule has 0 spiro atoms. The summed E-state index contributed by atoms with van der Waals surface area (Å²) >= 11 is 0. The molecule has 0 saturated heterocycles. The summed E-state index contributed by atoms with van der Waals surface area (Å²) in [6.45, 7) is 5.41. The molecular weight excluding hydrogens is 524 g/mol. The molecule has 0 bridgehead atoms. The molecule has 0 atom stereocenters. The van der Waals surface area contributed by atoms with Crippen molar-refractivity contribution >= 4 is 35.2 Å². The number of H-pyrrole nitrogens is 1. The zero-order valence-electron chi connectivity index (χ0n) is 23.5. The molecule has 0 fully saturated rings. The van der Waals surface area contributed by atoms with Crippen LogP contribution in [0.1, 0.15) is 51.4 Å². The Morgan fingerprint density at radius 1 is 1.10 bits per heavy atom. The number of rotatable bonds is 10. The van der Waals surface area contributed by atoms with E-state index in [-0.39, 0.29) is 24.4 Å². The van der Waals surface area contributed by atoms with E-state index >= 15 is 0 Å². The lowest BCUT2D eigenvalue weighted by Crippen LogP contribution is -2.24. The van der Waals surface area contributed by atoms with Gasteiger partial charge in [-0.25, -0.2) is 9.97 Å². The summed E-state index contributed by atoms with van der Waals surface area (Å²) in [4.78, 5) is 44.9. The van der Waals surface area contributed by atoms with Gasteiger partial charge in [0.1, 0.15) is 35.6 Å². The highest BCUT2D eigenvalue weighted by Gasteiger charge is 2.29. The van der Waals surface area contributed by atoms with Gasteiger partial charge in [-0.05, 0) is 55.8 Å². The van der Waals surface area contributed by atoms with Gasteiger partial charge in [-0.2, -0.15) is 0 Å². The van der Waals surface area contributed by atoms with Crippen molar-refractivity contribution in [3.8, 4) is 11.5 Å². The molecule has 11 nitrogen and oxygen atoms in total. The van der Waals surface area contributed by atoms with E-state index in [9.17, 15) is 14.4 Å². The number of nitrogens with one attached hydrogen (secondary N) is 4. The third-order valence-electron chi connectivity index (χ3n) is 6.42. The second-order valence-electron chi connectivity index (χ2n) is 10.1. The molecule has 3 heterocycles. The zero-order valence-corrected chi connectivity index (χ0v) is 23.5. The van der Waals surface area contributed by atoms with E-state index in [4.69, 9.17) is 9.47 Å². The number of hydrogen-bond donors (Lipinski definition) is 4. The molecule has 41 heavy (non-hydrogen) atoms. The topological polar surface area (TPSA) is 147 Å². The van der Waals surface area contributed by atoms with Gasteiger partial charge in [-0.3, -0.25) is 14.4 Å². The fraction of sp³-hybridized carbons (Fsp3) is 0.300. The Labute approximate surface area is 238 Å². The second-order valence-corrected chi connectivity index (χ2v) is 10.1. The summed E-state index contributed by atoms with van der Waals surface area (Å²) in [6.07, 6.45) is 5.09. The van der Waals surface area contributed by atoms with Crippen molar-refractivity contribution in [1.82, 2.24) is 25.6 Å². The van der Waals surface area contributed by atoms with Crippen LogP contribution in [0.4, 0.5) is 5.69 Å². The Hall–Kier alpha value is -4.77. The van der Waals surface area contributed by atoms with Gasteiger partial charge in [-0.15, -0.1) is 0 Å². The number of nitrogens with zero attached hydrogens (tertiary/aromatic N) is 2. The third kappa shape index (κ3) is 7.06. The quantitative estimate of drug-likeness (QED) is 0.215. The first-order valence-electron chi connectivity index (χ1n) is 13.2. The summed E-state index contributed by atoms with van der Waals surface area (Å²) in [7, 11) is 3.70. The van der Waals surface area contributed by atoms with Gasteiger partial charge >= 0.3 is 0 Å². The molecule has 1 amide bonds. The number of hydrogen-bond acceptors (Lipinski definition) is 9. The maximum Gasteiger partial charge on any atom is 0.272 e. The monoisotopic (exact) mass is 558 g/mol. The minimum Gasteiger partial charge on any atom is -0.487 e. The number of benzene rings is 2. The molecular formula is C30H34N6O5. The summed E-state index contributed by atoms with van der Waals surface area (Å²) in [5.74, 6) is 1.20. The number of aromatic nitrogens is 3. The van der Waals surface area contributed by atoms with E-state index in [0.29, 0.717) is 40.6 Å². The highest BCUT2D eigenvalue weighted by Crippen LogP contribution is 2.35. The minimum absolute atomic E-state index is 0.0272. The number of fused-ring (bicyclic) bond motifs is 2. The molecule has 0 radical (unpaired) electrons. The maximum absolute atomic E-state index is 12.5. The summed E-state index contributed by atoms with van der Waals surface area (Å²) in [5.41, 5.74) is 5.50. The Kier molecular flexibility index (Phi) is 9.30. The fourth-order valence-corrected chi connectivity index (χ4v) is 4.60. The van der Waals surface area contributed by atoms with Crippen molar-refractivity contribution in [1.29, 1.82) is 0 Å². The van der Waals surface area contributed by atoms with E-state index < -0.39 is 5.91 Å². The number of aldehydes is 2. The third-order valence-corrected chi connectivity index (χ3v) is 6.42. The molecule has 0 saturated carbocycles. The molecule has 2 aromatic heterocycles. The van der Waals surface area contributed by atoms with Gasteiger partial charge in [0.25, 0.3) is 5.91 Å². The van der Waals surface area contributed by atoms with Crippen molar-refractivity contribution < 1.29 is 23.9 Å². The lowest BCUT2D eigenvalue weighted by molar-refractivity contribution is -0.109. The molecule has 0 aliphatic carbocycles. The summed E-state index contributed by atoms with van der Waals surface area (Å²) in [6, 6.07) is 11.8. The Morgan fingerprint density at radius 3 is 2.61 bits per heavy atom. The van der Waals surface area contributed by atoms with Crippen molar-refractivity contribution in [2.45, 2.75) is 39.0 Å². The van der Waals surface area contributed by atoms with Gasteiger partial charge in [0, 0.05) is 32.8 Å². The fourth-order valence-electron chi connectivity index (χ4n) is 4.60. The number of anilines is 1. The van der Waals surface area contributed by atoms with Crippen molar-refractivity contribution in [2.24, 2.45) is 0 Å². The number of aromatic amines is 1. The normalized spacial score (nSPS) is 12.9. The summed E-state index contributed by atoms with van der Waals surface area (Å²) in [5, 5.41) is 8.93. The molecule has 1 aliphatic rings. The van der Waals surface area contributed by atoms with Crippen LogP contribution in [0.15, 0.2) is 48.9 Å². The van der Waals surface area contributed by atoms with Gasteiger partial charge in [0.2, 0.25) is 0 Å². The molecule has 214 valence electrons. The number of amides is 1. The van der Waals surface area contributed by atoms with Crippen molar-refractivity contribution in [3.63, 3.8) is 0 Å². The summed E-state index contributed by atoms with van der Waals surface area (Å²) < 4.78 is 11.1. The van der Waals surface area contributed by atoms with Crippen LogP contribution in [-0.4, -0.2) is 59.7 Å². The molecule has 2 aromatic carbocycles. The van der Waals surface area contributed by atoms with Gasteiger partial charge in [-0.1, -0.05) is 18.2 Å². The molecule has 0 unspecified atom stereocenters. The van der Waals surface area contributed by atoms with Crippen molar-refractivity contribution in [3.05, 3.63) is 76.9 Å². The molecule has 4 N–H and O–H groups in total. The second kappa shape index (κ2) is 13.1. The van der Waals surface area contributed by atoms with E-state index in [1.807, 2.05) is 13.1 Å². The van der Waals surface area contributed by atoms with E-state index in [2.05, 4.69) is 62.9 Å². The predicted octanol–water partition coefficient (Wildman–Crippen LogP) is 3.44. The lowest BCUT2D eigenvalue weighted by atomic mass is 10.0. The van der Waals surface area contributed by atoms with Crippen LogP contribution in [0.5, 0.6) is 11.5 Å². The van der Waals surface area contributed by atoms with Crippen molar-refractivity contribution in [2.75, 3.05) is 26.0 Å². The number of ether oxygens (including phenoxy) is 2. The van der Waals surface area contributed by atoms with E-state index in [0.717, 1.165) is 24.3 Å². The van der Waals surface area contributed by atoms with Crippen LogP contribution >= 0.6 is 0 Å². The first-order chi connectivity index (χ1) is 19.8. The van der Waals surface area contributed by atoms with Crippen LogP contribution in [0.3, 0.4) is 0 Å². The standard InChI is InChI=1S/C18H17N5O4.C12H17NO/c1-19-13-6-11(2-3-14(13)27-5-4-24)7-21-18(26)17-16-15(22-10-23-17)12(9-25)8-20-16;1-12(2)7-10-6-9(8-13-3)4-5-11(10)14-12/h2-4,6,8-10,19-20H,5,7H2,1H3,(H,21,26);4-6,13H,7-8H2,1-3H3. The van der Waals surface area contributed by atoms with Crippen LogP contribution in [-0.2, 0) is 24.3 Å². The first kappa shape index (κ1) is 29.2. The maximum atomic E-state index is 12.5. The Bertz CT molecular complexity index is 1550. The smallest absolute Gasteiger partial charge is 0.272 e. The molecule has 5 rings (SSSR count). The molecule has 11 heteroatoms. The predicted molar refractivity (Wildman–Crippen MR) is 156 cm³/mol. The Morgan fingerprint density at radius 2 is 1.88 bits per heavy atom. The lowest BCUT2D eigenvalue weighted by Gasteiger charge is -2.16. The van der Waals surface area contributed by atoms with Crippen LogP contribution in [0.25, 0.3) is 11.0 Å². The molecule has 4 aromatic rings. The van der Waals surface area contributed by atoms with Gasteiger partial charge in [0.05, 0.1) is 16.8 Å². The van der Waals surface area contributed by atoms with Crippen LogP contribution in [0.2, 0.25) is 0 Å². The highest BCUT2D eigenvalue weighted by molar-refractivity contribution is 6.06. The Balaban J connectivity index is 0.000000231. The highest BCUT2D eigenvalue weighted by atomic mass is 16.5. The largest absolute Gasteiger partial charge is 0.487 e.